The van der Waals surface area contributed by atoms with Crippen LogP contribution in [0.15, 0.2) is 30.8 Å². The number of para-hydroxylation sites is 1. The molecule has 1 fully saturated rings. The summed E-state index contributed by atoms with van der Waals surface area (Å²) in [6.45, 7) is 6.07. The number of anilines is 1. The summed E-state index contributed by atoms with van der Waals surface area (Å²) in [4.78, 5) is 0. The van der Waals surface area contributed by atoms with Crippen molar-refractivity contribution in [3.63, 3.8) is 0 Å². The van der Waals surface area contributed by atoms with Crippen LogP contribution in [0.3, 0.4) is 0 Å². The van der Waals surface area contributed by atoms with Gasteiger partial charge in [-0.3, -0.25) is 0 Å². The second-order valence-electron chi connectivity index (χ2n) is 3.96. The molecule has 1 aliphatic rings. The molecule has 0 unspecified atom stereocenters. The van der Waals surface area contributed by atoms with Crippen molar-refractivity contribution in [1.82, 2.24) is 5.32 Å². The fourth-order valence-electron chi connectivity index (χ4n) is 1.99. The number of rotatable bonds is 3. The molecule has 0 radical (unpaired) electrons. The Morgan fingerprint density at radius 3 is 2.73 bits per heavy atom. The van der Waals surface area contributed by atoms with Crippen LogP contribution in [0.4, 0.5) is 5.69 Å². The first-order valence-electron chi connectivity index (χ1n) is 5.59. The van der Waals surface area contributed by atoms with Crippen LogP contribution in [0, 0.1) is 0 Å². The molecule has 0 aliphatic carbocycles. The van der Waals surface area contributed by atoms with Gasteiger partial charge in [-0.1, -0.05) is 30.9 Å². The molecule has 1 aromatic rings. The van der Waals surface area contributed by atoms with E-state index < -0.39 is 0 Å². The van der Waals surface area contributed by atoms with Gasteiger partial charge in [-0.15, -0.1) is 0 Å². The van der Waals surface area contributed by atoms with Gasteiger partial charge in [-0.25, -0.2) is 0 Å². The van der Waals surface area contributed by atoms with Gasteiger partial charge >= 0.3 is 0 Å². The number of benzene rings is 1. The van der Waals surface area contributed by atoms with Crippen molar-refractivity contribution in [3.05, 3.63) is 36.4 Å². The lowest BCUT2D eigenvalue weighted by Crippen LogP contribution is -2.35. The minimum Gasteiger partial charge on any atom is -0.382 e. The van der Waals surface area contributed by atoms with Gasteiger partial charge in [0.25, 0.3) is 0 Å². The quantitative estimate of drug-likeness (QED) is 0.787. The summed E-state index contributed by atoms with van der Waals surface area (Å²) in [7, 11) is 0. The van der Waals surface area contributed by atoms with Gasteiger partial charge in [-0.2, -0.15) is 0 Å². The highest BCUT2D eigenvalue weighted by atomic mass is 15.0. The van der Waals surface area contributed by atoms with Gasteiger partial charge in [0.15, 0.2) is 0 Å². The van der Waals surface area contributed by atoms with Crippen molar-refractivity contribution in [2.45, 2.75) is 18.9 Å². The first-order valence-corrected chi connectivity index (χ1v) is 5.59. The topological polar surface area (TPSA) is 24.1 Å². The molecule has 0 amide bonds. The monoisotopic (exact) mass is 202 g/mol. The molecular formula is C13H18N2. The van der Waals surface area contributed by atoms with Gasteiger partial charge in [0.05, 0.1) is 0 Å². The molecule has 80 valence electrons. The maximum absolute atomic E-state index is 3.83. The van der Waals surface area contributed by atoms with Gasteiger partial charge in [0.2, 0.25) is 0 Å². The van der Waals surface area contributed by atoms with Crippen molar-refractivity contribution >= 4 is 11.8 Å². The number of piperidine rings is 1. The van der Waals surface area contributed by atoms with Crippen LogP contribution >= 0.6 is 0 Å². The van der Waals surface area contributed by atoms with E-state index in [1.54, 1.807) is 0 Å². The van der Waals surface area contributed by atoms with Crippen LogP contribution in [-0.4, -0.2) is 19.1 Å². The van der Waals surface area contributed by atoms with E-state index in [9.17, 15) is 0 Å². The van der Waals surface area contributed by atoms with Crippen LogP contribution < -0.4 is 10.6 Å². The number of nitrogens with one attached hydrogen (secondary N) is 2. The molecule has 0 bridgehead atoms. The van der Waals surface area contributed by atoms with Gasteiger partial charge < -0.3 is 10.6 Å². The SMILES string of the molecule is C=Cc1ccccc1NC1CCNCC1. The second-order valence-corrected chi connectivity index (χ2v) is 3.96. The van der Waals surface area contributed by atoms with E-state index >= 15 is 0 Å². The first-order chi connectivity index (χ1) is 7.40. The Balaban J connectivity index is 2.05. The summed E-state index contributed by atoms with van der Waals surface area (Å²) in [6, 6.07) is 8.93. The molecule has 0 aromatic heterocycles. The maximum Gasteiger partial charge on any atom is 0.0415 e. The third kappa shape index (κ3) is 2.60. The summed E-state index contributed by atoms with van der Waals surface area (Å²) in [5.74, 6) is 0. The van der Waals surface area contributed by atoms with Crippen molar-refractivity contribution in [3.8, 4) is 0 Å². The average Bonchev–Trinajstić information content (AvgIpc) is 2.31. The maximum atomic E-state index is 3.83. The van der Waals surface area contributed by atoms with E-state index in [1.807, 2.05) is 12.1 Å². The van der Waals surface area contributed by atoms with Crippen molar-refractivity contribution in [2.24, 2.45) is 0 Å². The molecule has 2 N–H and O–H groups in total. The van der Waals surface area contributed by atoms with E-state index in [0.717, 1.165) is 13.1 Å². The second kappa shape index (κ2) is 4.99. The third-order valence-corrected chi connectivity index (χ3v) is 2.88. The Kier molecular flexibility index (Phi) is 3.41. The largest absolute Gasteiger partial charge is 0.382 e. The highest BCUT2D eigenvalue weighted by Crippen LogP contribution is 2.19. The molecule has 1 heterocycles. The van der Waals surface area contributed by atoms with Crippen molar-refractivity contribution in [1.29, 1.82) is 0 Å². The summed E-state index contributed by atoms with van der Waals surface area (Å²) in [5.41, 5.74) is 2.40. The molecule has 0 saturated carbocycles. The Morgan fingerprint density at radius 2 is 2.00 bits per heavy atom. The smallest absolute Gasteiger partial charge is 0.0415 e. The Labute approximate surface area is 91.4 Å². The molecular weight excluding hydrogens is 184 g/mol. The first kappa shape index (κ1) is 10.2. The predicted molar refractivity (Wildman–Crippen MR) is 66.0 cm³/mol. The minimum atomic E-state index is 0.604. The summed E-state index contributed by atoms with van der Waals surface area (Å²) in [5, 5.41) is 6.96. The molecule has 15 heavy (non-hydrogen) atoms. The summed E-state index contributed by atoms with van der Waals surface area (Å²) < 4.78 is 0. The third-order valence-electron chi connectivity index (χ3n) is 2.88. The van der Waals surface area contributed by atoms with E-state index in [4.69, 9.17) is 0 Å². The van der Waals surface area contributed by atoms with Gasteiger partial charge in [0.1, 0.15) is 0 Å². The lowest BCUT2D eigenvalue weighted by Gasteiger charge is -2.25. The van der Waals surface area contributed by atoms with Crippen molar-refractivity contribution < 1.29 is 0 Å². The van der Waals surface area contributed by atoms with Gasteiger partial charge in [0, 0.05) is 11.7 Å². The fourth-order valence-corrected chi connectivity index (χ4v) is 1.99. The normalized spacial score (nSPS) is 17.3. The minimum absolute atomic E-state index is 0.604. The zero-order chi connectivity index (χ0) is 10.5. The Morgan fingerprint density at radius 1 is 1.27 bits per heavy atom. The fraction of sp³-hybridized carbons (Fsp3) is 0.385. The van der Waals surface area contributed by atoms with Crippen LogP contribution in [0.1, 0.15) is 18.4 Å². The van der Waals surface area contributed by atoms with E-state index in [0.29, 0.717) is 6.04 Å². The average molecular weight is 202 g/mol. The summed E-state index contributed by atoms with van der Waals surface area (Å²) in [6.07, 6.45) is 4.31. The van der Waals surface area contributed by atoms with Crippen LogP contribution in [0.25, 0.3) is 6.08 Å². The Bertz CT molecular complexity index is 327. The van der Waals surface area contributed by atoms with Crippen LogP contribution in [0.5, 0.6) is 0 Å². The van der Waals surface area contributed by atoms with Crippen molar-refractivity contribution in [2.75, 3.05) is 18.4 Å². The molecule has 1 saturated heterocycles. The molecule has 1 aliphatic heterocycles. The standard InChI is InChI=1S/C13H18N2/c1-2-11-5-3-4-6-13(11)15-12-7-9-14-10-8-12/h2-6,12,14-15H,1,7-10H2. The number of hydrogen-bond acceptors (Lipinski definition) is 2. The zero-order valence-electron chi connectivity index (χ0n) is 9.00. The summed E-state index contributed by atoms with van der Waals surface area (Å²) >= 11 is 0. The number of hydrogen-bond donors (Lipinski definition) is 2. The van der Waals surface area contributed by atoms with Crippen LogP contribution in [0.2, 0.25) is 0 Å². The molecule has 0 atom stereocenters. The highest BCUT2D eigenvalue weighted by molar-refractivity contribution is 5.65. The molecule has 2 heteroatoms. The molecule has 1 aromatic carbocycles. The molecule has 2 rings (SSSR count). The predicted octanol–water partition coefficient (Wildman–Crippen LogP) is 2.49. The molecule has 0 spiro atoms. The Hall–Kier alpha value is -1.28. The molecule has 2 nitrogen and oxygen atoms in total. The lowest BCUT2D eigenvalue weighted by molar-refractivity contribution is 0.479. The van der Waals surface area contributed by atoms with E-state index in [-0.39, 0.29) is 0 Å². The highest BCUT2D eigenvalue weighted by Gasteiger charge is 2.12. The van der Waals surface area contributed by atoms with Gasteiger partial charge in [-0.05, 0) is 37.6 Å². The lowest BCUT2D eigenvalue weighted by atomic mass is 10.1. The van der Waals surface area contributed by atoms with E-state index in [2.05, 4.69) is 35.4 Å². The van der Waals surface area contributed by atoms with E-state index in [1.165, 1.54) is 24.1 Å². The zero-order valence-corrected chi connectivity index (χ0v) is 9.00. The van der Waals surface area contributed by atoms with Crippen LogP contribution in [-0.2, 0) is 0 Å².